The summed E-state index contributed by atoms with van der Waals surface area (Å²) in [6.45, 7) is 0. The molecule has 1 aliphatic carbocycles. The average Bonchev–Trinajstić information content (AvgIpc) is 3.04. The van der Waals surface area contributed by atoms with Gasteiger partial charge in [0, 0.05) is 28.6 Å². The first-order chi connectivity index (χ1) is 14.9. The largest absolute Gasteiger partial charge is 0.294 e. The highest BCUT2D eigenvalue weighted by atomic mass is 35.5. The number of aromatic nitrogens is 1. The number of fused-ring (bicyclic) bond motifs is 1. The van der Waals surface area contributed by atoms with E-state index in [2.05, 4.69) is 4.99 Å². The van der Waals surface area contributed by atoms with Crippen molar-refractivity contribution in [2.45, 2.75) is 25.3 Å². The maximum atomic E-state index is 14.2. The van der Waals surface area contributed by atoms with Crippen LogP contribution in [0.4, 0.5) is 8.78 Å². The van der Waals surface area contributed by atoms with Gasteiger partial charge in [-0.2, -0.15) is 0 Å². The third kappa shape index (κ3) is 3.47. The Morgan fingerprint density at radius 3 is 2.61 bits per heavy atom. The van der Waals surface area contributed by atoms with Crippen LogP contribution in [0.5, 0.6) is 0 Å². The number of Topliss-reactive ketones (excluding diaryl/α,β-unsaturated/α-hetero) is 1. The summed E-state index contributed by atoms with van der Waals surface area (Å²) in [4.78, 5) is 31.2. The van der Waals surface area contributed by atoms with Crippen LogP contribution in [0.25, 0.3) is 6.08 Å². The molecule has 0 saturated carbocycles. The summed E-state index contributed by atoms with van der Waals surface area (Å²) in [5.74, 6) is -1.47. The van der Waals surface area contributed by atoms with E-state index < -0.39 is 17.7 Å². The number of halogens is 3. The van der Waals surface area contributed by atoms with Crippen molar-refractivity contribution in [3.63, 3.8) is 0 Å². The molecule has 0 N–H and O–H groups in total. The summed E-state index contributed by atoms with van der Waals surface area (Å²) < 4.78 is 29.2. The first-order valence-corrected chi connectivity index (χ1v) is 10.9. The van der Waals surface area contributed by atoms with Gasteiger partial charge in [-0.05, 0) is 48.7 Å². The van der Waals surface area contributed by atoms with Gasteiger partial charge < -0.3 is 0 Å². The zero-order chi connectivity index (χ0) is 21.7. The molecule has 4 nitrogen and oxygen atoms in total. The van der Waals surface area contributed by atoms with E-state index in [9.17, 15) is 18.4 Å². The lowest BCUT2D eigenvalue weighted by molar-refractivity contribution is -0.116. The fraction of sp³-hybridized carbons (Fsp3) is 0.174. The van der Waals surface area contributed by atoms with E-state index >= 15 is 0 Å². The Labute approximate surface area is 184 Å². The quantitative estimate of drug-likeness (QED) is 0.587. The van der Waals surface area contributed by atoms with Crippen LogP contribution in [-0.2, 0) is 4.79 Å². The second-order valence-corrected chi connectivity index (χ2v) is 8.88. The summed E-state index contributed by atoms with van der Waals surface area (Å²) >= 11 is 7.16. The van der Waals surface area contributed by atoms with Crippen LogP contribution in [0.1, 0.15) is 36.4 Å². The molecule has 0 amide bonds. The van der Waals surface area contributed by atoms with Crippen molar-refractivity contribution in [2.75, 3.05) is 0 Å². The fourth-order valence-electron chi connectivity index (χ4n) is 4.03. The van der Waals surface area contributed by atoms with Crippen LogP contribution in [0.3, 0.4) is 0 Å². The minimum atomic E-state index is -0.755. The molecule has 1 unspecified atom stereocenters. The van der Waals surface area contributed by atoms with Gasteiger partial charge in [0.2, 0.25) is 0 Å². The van der Waals surface area contributed by atoms with Crippen molar-refractivity contribution in [3.05, 3.63) is 101 Å². The van der Waals surface area contributed by atoms with Crippen molar-refractivity contribution >= 4 is 34.8 Å². The van der Waals surface area contributed by atoms with E-state index in [-0.39, 0.29) is 21.4 Å². The van der Waals surface area contributed by atoms with Crippen LogP contribution in [0.2, 0.25) is 5.02 Å². The summed E-state index contributed by atoms with van der Waals surface area (Å²) in [6.07, 6.45) is 3.17. The van der Waals surface area contributed by atoms with Crippen molar-refractivity contribution in [1.29, 1.82) is 0 Å². The van der Waals surface area contributed by atoms with Gasteiger partial charge in [0.05, 0.1) is 16.3 Å². The molecule has 0 radical (unpaired) electrons. The maximum Gasteiger partial charge on any atom is 0.271 e. The molecule has 1 aromatic heterocycles. The minimum absolute atomic E-state index is 0.0243. The first kappa shape index (κ1) is 20.0. The molecular formula is C23H15ClF2N2O2S. The van der Waals surface area contributed by atoms with Crippen LogP contribution in [-0.4, -0.2) is 10.4 Å². The monoisotopic (exact) mass is 456 g/mol. The highest BCUT2D eigenvalue weighted by Crippen LogP contribution is 2.36. The third-order valence-corrected chi connectivity index (χ3v) is 6.70. The Hall–Kier alpha value is -2.90. The van der Waals surface area contributed by atoms with Gasteiger partial charge in [0.1, 0.15) is 11.6 Å². The Kier molecular flexibility index (Phi) is 4.95. The van der Waals surface area contributed by atoms with E-state index in [1.807, 2.05) is 0 Å². The number of hydrogen-bond donors (Lipinski definition) is 0. The molecule has 2 heterocycles. The lowest BCUT2D eigenvalue weighted by Crippen LogP contribution is -2.40. The van der Waals surface area contributed by atoms with Gasteiger partial charge >= 0.3 is 0 Å². The summed E-state index contributed by atoms with van der Waals surface area (Å²) in [7, 11) is 0. The van der Waals surface area contributed by atoms with Crippen LogP contribution in [0.15, 0.2) is 63.5 Å². The third-order valence-electron chi connectivity index (χ3n) is 5.46. The number of benzene rings is 2. The fourth-order valence-corrected chi connectivity index (χ4v) is 5.17. The molecular weight excluding hydrogens is 442 g/mol. The SMILES string of the molecule is O=C1CCCC2=C1C(c1ccc(Cl)cc1)n1c(sc(=Cc3ccc(F)cc3F)c1=O)=N2. The lowest BCUT2D eigenvalue weighted by Gasteiger charge is -2.28. The van der Waals surface area contributed by atoms with Gasteiger partial charge in [0.25, 0.3) is 5.56 Å². The van der Waals surface area contributed by atoms with E-state index in [4.69, 9.17) is 11.6 Å². The van der Waals surface area contributed by atoms with Crippen LogP contribution < -0.4 is 14.9 Å². The zero-order valence-corrected chi connectivity index (χ0v) is 17.6. The Balaban J connectivity index is 1.76. The number of rotatable bonds is 2. The lowest BCUT2D eigenvalue weighted by atomic mass is 9.86. The summed E-state index contributed by atoms with van der Waals surface area (Å²) in [5.41, 5.74) is 1.70. The predicted octanol–water partition coefficient (Wildman–Crippen LogP) is 3.90. The molecule has 5 rings (SSSR count). The highest BCUT2D eigenvalue weighted by molar-refractivity contribution is 7.07. The molecule has 1 atom stereocenters. The van der Waals surface area contributed by atoms with Crippen molar-refractivity contribution < 1.29 is 13.6 Å². The Morgan fingerprint density at radius 1 is 1.10 bits per heavy atom. The van der Waals surface area contributed by atoms with Crippen molar-refractivity contribution in [1.82, 2.24) is 4.57 Å². The molecule has 0 bridgehead atoms. The smallest absolute Gasteiger partial charge is 0.271 e. The van der Waals surface area contributed by atoms with E-state index in [0.717, 1.165) is 29.0 Å². The number of allylic oxidation sites excluding steroid dienone is 2. The molecule has 8 heteroatoms. The van der Waals surface area contributed by atoms with Crippen LogP contribution >= 0.6 is 22.9 Å². The van der Waals surface area contributed by atoms with Gasteiger partial charge in [0.15, 0.2) is 10.6 Å². The molecule has 2 aliphatic rings. The van der Waals surface area contributed by atoms with Gasteiger partial charge in [-0.15, -0.1) is 0 Å². The number of nitrogens with zero attached hydrogens (tertiary/aromatic N) is 2. The number of ketones is 1. The number of thiazole rings is 1. The molecule has 0 saturated heterocycles. The van der Waals surface area contributed by atoms with Gasteiger partial charge in [-0.1, -0.05) is 35.1 Å². The molecule has 3 aromatic rings. The predicted molar refractivity (Wildman–Crippen MR) is 115 cm³/mol. The molecule has 0 fully saturated rings. The second-order valence-electron chi connectivity index (χ2n) is 7.44. The normalized spacial score (nSPS) is 18.6. The van der Waals surface area contributed by atoms with E-state index in [0.29, 0.717) is 40.4 Å². The molecule has 1 aliphatic heterocycles. The topological polar surface area (TPSA) is 51.4 Å². The second kappa shape index (κ2) is 7.66. The minimum Gasteiger partial charge on any atom is -0.294 e. The Bertz CT molecular complexity index is 1440. The van der Waals surface area contributed by atoms with E-state index in [1.165, 1.54) is 16.7 Å². The molecule has 31 heavy (non-hydrogen) atoms. The Morgan fingerprint density at radius 2 is 1.87 bits per heavy atom. The number of hydrogen-bond acceptors (Lipinski definition) is 4. The highest BCUT2D eigenvalue weighted by Gasteiger charge is 2.34. The zero-order valence-electron chi connectivity index (χ0n) is 16.1. The van der Waals surface area contributed by atoms with E-state index in [1.54, 1.807) is 24.3 Å². The number of carbonyl (C=O) groups is 1. The van der Waals surface area contributed by atoms with Crippen molar-refractivity contribution in [2.24, 2.45) is 4.99 Å². The van der Waals surface area contributed by atoms with Gasteiger partial charge in [-0.25, -0.2) is 13.8 Å². The molecule has 2 aromatic carbocycles. The standard InChI is InChI=1S/C23H15ClF2N2O2S/c24-14-7-4-12(5-8-14)21-20-17(2-1-3-18(20)29)27-23-28(21)22(30)19(31-23)10-13-6-9-15(25)11-16(13)26/h4-11,21H,1-3H2. The summed E-state index contributed by atoms with van der Waals surface area (Å²) in [5, 5.41) is 0.548. The van der Waals surface area contributed by atoms with Gasteiger partial charge in [-0.3, -0.25) is 14.2 Å². The number of carbonyl (C=O) groups excluding carboxylic acids is 1. The van der Waals surface area contributed by atoms with Crippen LogP contribution in [0, 0.1) is 11.6 Å². The first-order valence-electron chi connectivity index (χ1n) is 9.71. The molecule has 0 spiro atoms. The maximum absolute atomic E-state index is 14.2. The van der Waals surface area contributed by atoms with Crippen molar-refractivity contribution in [3.8, 4) is 0 Å². The summed E-state index contributed by atoms with van der Waals surface area (Å²) in [6, 6.07) is 9.60. The average molecular weight is 457 g/mol. The molecule has 156 valence electrons.